The summed E-state index contributed by atoms with van der Waals surface area (Å²) in [6.45, 7) is 0. The molecule has 5 nitrogen and oxygen atoms in total. The number of H-pyrrole nitrogens is 1. The summed E-state index contributed by atoms with van der Waals surface area (Å²) in [6.07, 6.45) is 3.76. The molecule has 0 spiro atoms. The van der Waals surface area contributed by atoms with Crippen molar-refractivity contribution in [3.05, 3.63) is 36.0 Å². The van der Waals surface area contributed by atoms with E-state index in [-0.39, 0.29) is 5.91 Å². The number of aliphatic carboxylic acids is 1. The van der Waals surface area contributed by atoms with Gasteiger partial charge in [-0.3, -0.25) is 4.79 Å². The maximum Gasteiger partial charge on any atom is 0.329 e. The molecule has 1 aliphatic rings. The SMILES string of the molecule is CN(C(=O)c1cc2ccccc2[nH]1)C1(C(=O)O)CCCCC1. The number of benzene rings is 1. The Bertz CT molecular complexity index is 681. The molecule has 3 rings (SSSR count). The molecule has 0 bridgehead atoms. The Morgan fingerprint density at radius 3 is 2.50 bits per heavy atom. The Kier molecular flexibility index (Phi) is 3.64. The molecule has 2 N–H and O–H groups in total. The summed E-state index contributed by atoms with van der Waals surface area (Å²) < 4.78 is 0. The maximum atomic E-state index is 12.8. The van der Waals surface area contributed by atoms with Crippen LogP contribution in [0.5, 0.6) is 0 Å². The van der Waals surface area contributed by atoms with E-state index >= 15 is 0 Å². The quantitative estimate of drug-likeness (QED) is 0.915. The minimum atomic E-state index is -1.08. The van der Waals surface area contributed by atoms with Crippen molar-refractivity contribution in [1.29, 1.82) is 0 Å². The highest BCUT2D eigenvalue weighted by Gasteiger charge is 2.45. The summed E-state index contributed by atoms with van der Waals surface area (Å²) in [4.78, 5) is 29.1. The maximum absolute atomic E-state index is 12.8. The number of aromatic nitrogens is 1. The van der Waals surface area contributed by atoms with Gasteiger partial charge in [0, 0.05) is 18.0 Å². The van der Waals surface area contributed by atoms with Crippen molar-refractivity contribution in [3.63, 3.8) is 0 Å². The molecule has 116 valence electrons. The minimum absolute atomic E-state index is 0.263. The van der Waals surface area contributed by atoms with Gasteiger partial charge < -0.3 is 15.0 Å². The lowest BCUT2D eigenvalue weighted by Gasteiger charge is -2.40. The average Bonchev–Trinajstić information content (AvgIpc) is 2.98. The van der Waals surface area contributed by atoms with Gasteiger partial charge >= 0.3 is 5.97 Å². The topological polar surface area (TPSA) is 73.4 Å². The third kappa shape index (κ3) is 2.26. The number of hydrogen-bond acceptors (Lipinski definition) is 2. The Labute approximate surface area is 128 Å². The second-order valence-corrected chi connectivity index (χ2v) is 6.03. The summed E-state index contributed by atoms with van der Waals surface area (Å²) >= 11 is 0. The van der Waals surface area contributed by atoms with Crippen molar-refractivity contribution < 1.29 is 14.7 Å². The van der Waals surface area contributed by atoms with Crippen molar-refractivity contribution in [3.8, 4) is 0 Å². The van der Waals surface area contributed by atoms with Gasteiger partial charge in [0.15, 0.2) is 0 Å². The smallest absolute Gasteiger partial charge is 0.329 e. The Hall–Kier alpha value is -2.30. The molecule has 0 saturated heterocycles. The van der Waals surface area contributed by atoms with Gasteiger partial charge in [0.05, 0.1) is 0 Å². The van der Waals surface area contributed by atoms with Crippen LogP contribution in [0.25, 0.3) is 10.9 Å². The highest BCUT2D eigenvalue weighted by molar-refractivity contribution is 6.00. The molecule has 0 aliphatic heterocycles. The van der Waals surface area contributed by atoms with Crippen LogP contribution in [-0.4, -0.2) is 39.5 Å². The zero-order valence-electron chi connectivity index (χ0n) is 12.6. The highest BCUT2D eigenvalue weighted by Crippen LogP contribution is 2.34. The summed E-state index contributed by atoms with van der Waals surface area (Å²) in [5, 5.41) is 10.6. The molecule has 0 atom stereocenters. The van der Waals surface area contributed by atoms with E-state index in [0.29, 0.717) is 18.5 Å². The zero-order chi connectivity index (χ0) is 15.7. The molecule has 1 heterocycles. The average molecular weight is 300 g/mol. The first kappa shape index (κ1) is 14.6. The van der Waals surface area contributed by atoms with Gasteiger partial charge in [0.1, 0.15) is 11.2 Å². The van der Waals surface area contributed by atoms with Gasteiger partial charge in [-0.1, -0.05) is 37.5 Å². The van der Waals surface area contributed by atoms with Crippen LogP contribution in [0.15, 0.2) is 30.3 Å². The molecular formula is C17H20N2O3. The zero-order valence-corrected chi connectivity index (χ0v) is 12.6. The third-order valence-electron chi connectivity index (χ3n) is 4.79. The number of nitrogens with zero attached hydrogens (tertiary/aromatic N) is 1. The first-order chi connectivity index (χ1) is 10.5. The fourth-order valence-corrected chi connectivity index (χ4v) is 3.39. The predicted molar refractivity (Wildman–Crippen MR) is 83.8 cm³/mol. The number of carbonyl (C=O) groups is 2. The monoisotopic (exact) mass is 300 g/mol. The number of para-hydroxylation sites is 1. The second kappa shape index (κ2) is 5.48. The molecule has 1 fully saturated rings. The molecule has 2 aromatic rings. The van der Waals surface area contributed by atoms with E-state index in [1.165, 1.54) is 4.90 Å². The van der Waals surface area contributed by atoms with Crippen LogP contribution in [0.3, 0.4) is 0 Å². The molecule has 22 heavy (non-hydrogen) atoms. The summed E-state index contributed by atoms with van der Waals surface area (Å²) in [5.74, 6) is -1.17. The summed E-state index contributed by atoms with van der Waals surface area (Å²) in [7, 11) is 1.60. The van der Waals surface area contributed by atoms with Gasteiger partial charge in [-0.25, -0.2) is 4.79 Å². The Balaban J connectivity index is 1.94. The Morgan fingerprint density at radius 1 is 1.18 bits per heavy atom. The van der Waals surface area contributed by atoms with Crippen LogP contribution in [0, 0.1) is 0 Å². The molecule has 5 heteroatoms. The molecular weight excluding hydrogens is 280 g/mol. The van der Waals surface area contributed by atoms with Crippen LogP contribution in [0.2, 0.25) is 0 Å². The van der Waals surface area contributed by atoms with E-state index in [2.05, 4.69) is 4.98 Å². The van der Waals surface area contributed by atoms with Crippen LogP contribution < -0.4 is 0 Å². The third-order valence-corrected chi connectivity index (χ3v) is 4.79. The fourth-order valence-electron chi connectivity index (χ4n) is 3.39. The Morgan fingerprint density at radius 2 is 1.86 bits per heavy atom. The molecule has 0 radical (unpaired) electrons. The molecule has 1 amide bonds. The lowest BCUT2D eigenvalue weighted by atomic mass is 9.80. The van der Waals surface area contributed by atoms with E-state index in [1.54, 1.807) is 13.1 Å². The normalized spacial score (nSPS) is 17.3. The van der Waals surface area contributed by atoms with E-state index in [1.807, 2.05) is 24.3 Å². The largest absolute Gasteiger partial charge is 0.479 e. The summed E-state index contributed by atoms with van der Waals surface area (Å²) in [6, 6.07) is 9.42. The van der Waals surface area contributed by atoms with Crippen LogP contribution in [-0.2, 0) is 4.79 Å². The van der Waals surface area contributed by atoms with Crippen molar-refractivity contribution in [1.82, 2.24) is 9.88 Å². The number of amides is 1. The number of hydrogen-bond donors (Lipinski definition) is 2. The van der Waals surface area contributed by atoms with Crippen LogP contribution >= 0.6 is 0 Å². The first-order valence-electron chi connectivity index (χ1n) is 7.64. The number of carboxylic acid groups (broad SMARTS) is 1. The number of nitrogens with one attached hydrogen (secondary N) is 1. The van der Waals surface area contributed by atoms with Gasteiger partial charge in [-0.2, -0.15) is 0 Å². The number of carbonyl (C=O) groups excluding carboxylic acids is 1. The molecule has 1 aromatic carbocycles. The lowest BCUT2D eigenvalue weighted by Crippen LogP contribution is -2.56. The number of carboxylic acids is 1. The van der Waals surface area contributed by atoms with Crippen molar-refractivity contribution in [2.24, 2.45) is 0 Å². The van der Waals surface area contributed by atoms with Crippen molar-refractivity contribution in [2.75, 3.05) is 7.05 Å². The van der Waals surface area contributed by atoms with E-state index in [4.69, 9.17) is 0 Å². The molecule has 1 aromatic heterocycles. The van der Waals surface area contributed by atoms with E-state index in [9.17, 15) is 14.7 Å². The number of fused-ring (bicyclic) bond motifs is 1. The van der Waals surface area contributed by atoms with E-state index in [0.717, 1.165) is 30.2 Å². The van der Waals surface area contributed by atoms with Gasteiger partial charge in [-0.05, 0) is 25.0 Å². The van der Waals surface area contributed by atoms with Crippen LogP contribution in [0.1, 0.15) is 42.6 Å². The summed E-state index contributed by atoms with van der Waals surface area (Å²) in [5.41, 5.74) is 0.245. The fraction of sp³-hybridized carbons (Fsp3) is 0.412. The molecule has 1 aliphatic carbocycles. The van der Waals surface area contributed by atoms with E-state index < -0.39 is 11.5 Å². The first-order valence-corrected chi connectivity index (χ1v) is 7.64. The highest BCUT2D eigenvalue weighted by atomic mass is 16.4. The predicted octanol–water partition coefficient (Wildman–Crippen LogP) is 3.03. The van der Waals surface area contributed by atoms with Crippen molar-refractivity contribution in [2.45, 2.75) is 37.6 Å². The number of rotatable bonds is 3. The molecule has 0 unspecified atom stereocenters. The minimum Gasteiger partial charge on any atom is -0.479 e. The van der Waals surface area contributed by atoms with Crippen LogP contribution in [0.4, 0.5) is 0 Å². The second-order valence-electron chi connectivity index (χ2n) is 6.03. The number of likely N-dealkylation sites (N-methyl/N-ethyl adjacent to an activating group) is 1. The standard InChI is InChI=1S/C17H20N2O3/c1-19(17(16(21)22)9-5-2-6-10-17)15(20)14-11-12-7-3-4-8-13(12)18-14/h3-4,7-8,11,18H,2,5-6,9-10H2,1H3,(H,21,22). The number of aromatic amines is 1. The van der Waals surface area contributed by atoms with Gasteiger partial charge in [0.25, 0.3) is 5.91 Å². The van der Waals surface area contributed by atoms with Crippen molar-refractivity contribution >= 4 is 22.8 Å². The lowest BCUT2D eigenvalue weighted by molar-refractivity contribution is -0.151. The molecule has 1 saturated carbocycles. The van der Waals surface area contributed by atoms with Gasteiger partial charge in [-0.15, -0.1) is 0 Å². The van der Waals surface area contributed by atoms with Gasteiger partial charge in [0.2, 0.25) is 0 Å².